The van der Waals surface area contributed by atoms with Gasteiger partial charge in [0.15, 0.2) is 0 Å². The van der Waals surface area contributed by atoms with Crippen LogP contribution in [0.4, 0.5) is 0 Å². The maximum atomic E-state index is 11.4. The fourth-order valence-corrected chi connectivity index (χ4v) is 4.48. The summed E-state index contributed by atoms with van der Waals surface area (Å²) in [6, 6.07) is 19.5. The van der Waals surface area contributed by atoms with Crippen molar-refractivity contribution < 1.29 is 4.79 Å². The number of hydrogen-bond acceptors (Lipinski definition) is 6. The van der Waals surface area contributed by atoms with E-state index in [1.807, 2.05) is 36.4 Å². The fraction of sp³-hybridized carbons (Fsp3) is 0.200. The van der Waals surface area contributed by atoms with Crippen molar-refractivity contribution in [3.05, 3.63) is 66.5 Å². The summed E-state index contributed by atoms with van der Waals surface area (Å²) in [7, 11) is 0. The Hall–Kier alpha value is -4.56. The zero-order valence-corrected chi connectivity index (χ0v) is 17.6. The minimum Gasteiger partial charge on any atom is -0.366 e. The molecule has 1 saturated carbocycles. The largest absolute Gasteiger partial charge is 0.366 e. The van der Waals surface area contributed by atoms with E-state index < -0.39 is 11.4 Å². The van der Waals surface area contributed by atoms with Gasteiger partial charge < -0.3 is 5.73 Å². The molecule has 0 unspecified atom stereocenters. The van der Waals surface area contributed by atoms with Gasteiger partial charge in [0.25, 0.3) is 0 Å². The highest BCUT2D eigenvalue weighted by molar-refractivity contribution is 5.97. The van der Waals surface area contributed by atoms with Gasteiger partial charge in [0.1, 0.15) is 5.69 Å². The molecule has 0 bridgehead atoms. The summed E-state index contributed by atoms with van der Waals surface area (Å²) in [6.07, 6.45) is 4.83. The monoisotopic (exact) mass is 433 g/mol. The third kappa shape index (κ3) is 3.48. The number of carbonyl (C=O) groups is 1. The molecule has 33 heavy (non-hydrogen) atoms. The first-order valence-corrected chi connectivity index (χ1v) is 10.5. The molecule has 2 N–H and O–H groups in total. The molecular weight excluding hydrogens is 414 g/mol. The van der Waals surface area contributed by atoms with Crippen molar-refractivity contribution >= 4 is 16.8 Å². The molecule has 0 saturated heterocycles. The Morgan fingerprint density at radius 1 is 1.15 bits per heavy atom. The van der Waals surface area contributed by atoms with Gasteiger partial charge in [0.2, 0.25) is 5.91 Å². The zero-order valence-electron chi connectivity index (χ0n) is 17.6. The van der Waals surface area contributed by atoms with E-state index in [0.717, 1.165) is 27.6 Å². The Labute approximate surface area is 189 Å². The van der Waals surface area contributed by atoms with E-state index in [-0.39, 0.29) is 12.3 Å². The van der Waals surface area contributed by atoms with E-state index in [4.69, 9.17) is 10.8 Å². The Morgan fingerprint density at radius 2 is 1.94 bits per heavy atom. The number of amides is 1. The second kappa shape index (κ2) is 7.85. The van der Waals surface area contributed by atoms with Gasteiger partial charge in [-0.1, -0.05) is 18.2 Å². The van der Waals surface area contributed by atoms with Crippen molar-refractivity contribution in [2.45, 2.75) is 24.8 Å². The van der Waals surface area contributed by atoms with Gasteiger partial charge in [-0.15, -0.1) is 0 Å². The molecule has 0 aliphatic heterocycles. The summed E-state index contributed by atoms with van der Waals surface area (Å²) >= 11 is 0. The number of nitrogens with two attached hydrogens (primary N) is 1. The summed E-state index contributed by atoms with van der Waals surface area (Å²) in [4.78, 5) is 17.5. The summed E-state index contributed by atoms with van der Waals surface area (Å²) in [5, 5.41) is 28.7. The highest BCUT2D eigenvalue weighted by Crippen LogP contribution is 2.45. The van der Waals surface area contributed by atoms with E-state index in [0.29, 0.717) is 24.1 Å². The SMILES string of the molecule is N#CC[C@]1(n2ncc(-c3cc(-c4ccc(C(N)=O)cc4)cc4ncccc34)n2)C[C@@H](C#N)C1. The maximum absolute atomic E-state index is 11.4. The number of primary amides is 1. The predicted octanol–water partition coefficient (Wildman–Crippen LogP) is 3.80. The van der Waals surface area contributed by atoms with Crippen LogP contribution in [-0.2, 0) is 5.54 Å². The number of benzene rings is 2. The van der Waals surface area contributed by atoms with Gasteiger partial charge in [0.05, 0.1) is 41.7 Å². The van der Waals surface area contributed by atoms with Crippen LogP contribution >= 0.6 is 0 Å². The van der Waals surface area contributed by atoms with Gasteiger partial charge in [-0.05, 0) is 54.3 Å². The van der Waals surface area contributed by atoms with Crippen LogP contribution in [0.15, 0.2) is 60.9 Å². The summed E-state index contributed by atoms with van der Waals surface area (Å²) in [6.45, 7) is 0. The summed E-state index contributed by atoms with van der Waals surface area (Å²) in [5.74, 6) is -0.551. The maximum Gasteiger partial charge on any atom is 0.248 e. The topological polar surface area (TPSA) is 134 Å². The molecule has 0 spiro atoms. The first-order chi connectivity index (χ1) is 16.0. The quantitative estimate of drug-likeness (QED) is 0.509. The molecule has 1 aliphatic carbocycles. The molecule has 0 atom stereocenters. The van der Waals surface area contributed by atoms with Crippen LogP contribution in [-0.4, -0.2) is 25.9 Å². The van der Waals surface area contributed by atoms with Crippen LogP contribution in [0.2, 0.25) is 0 Å². The predicted molar refractivity (Wildman–Crippen MR) is 121 cm³/mol. The number of carbonyl (C=O) groups excluding carboxylic acids is 1. The minimum atomic E-state index is -0.538. The molecule has 160 valence electrons. The molecule has 4 aromatic rings. The van der Waals surface area contributed by atoms with Gasteiger partial charge in [-0.3, -0.25) is 9.78 Å². The molecule has 1 fully saturated rings. The first kappa shape index (κ1) is 20.3. The van der Waals surface area contributed by atoms with E-state index in [9.17, 15) is 15.3 Å². The zero-order chi connectivity index (χ0) is 23.0. The van der Waals surface area contributed by atoms with Crippen molar-refractivity contribution in [1.82, 2.24) is 20.0 Å². The van der Waals surface area contributed by atoms with Gasteiger partial charge in [-0.2, -0.15) is 25.5 Å². The smallest absolute Gasteiger partial charge is 0.248 e. The highest BCUT2D eigenvalue weighted by Gasteiger charge is 2.48. The standard InChI is InChI=1S/C25H19N7O/c26-8-7-25(12-16(13-25)14-27)32-30-15-23(31-32)21-10-19(11-22-20(21)2-1-9-29-22)17-3-5-18(6-4-17)24(28)33/h1-6,9-11,15-16H,7,12-13H2,(H2,28,33)/t16-,25+. The molecular formula is C25H19N7O. The van der Waals surface area contributed by atoms with E-state index in [1.165, 1.54) is 0 Å². The third-order valence-electron chi connectivity index (χ3n) is 6.26. The number of fused-ring (bicyclic) bond motifs is 1. The van der Waals surface area contributed by atoms with Crippen LogP contribution in [0.3, 0.4) is 0 Å². The van der Waals surface area contributed by atoms with Gasteiger partial charge >= 0.3 is 0 Å². The molecule has 8 heteroatoms. The van der Waals surface area contributed by atoms with Crippen LogP contribution in [0.5, 0.6) is 0 Å². The van der Waals surface area contributed by atoms with E-state index >= 15 is 0 Å². The molecule has 8 nitrogen and oxygen atoms in total. The lowest BCUT2D eigenvalue weighted by Gasteiger charge is -2.42. The number of aromatic nitrogens is 4. The molecule has 1 aliphatic rings. The van der Waals surface area contributed by atoms with Gasteiger partial charge in [0, 0.05) is 22.7 Å². The Bertz CT molecular complexity index is 1450. The normalized spacial score (nSPS) is 19.4. The molecule has 2 heterocycles. The van der Waals surface area contributed by atoms with Crippen molar-refractivity contribution in [2.75, 3.05) is 0 Å². The van der Waals surface area contributed by atoms with E-state index in [1.54, 1.807) is 29.3 Å². The number of nitrogens with zero attached hydrogens (tertiary/aromatic N) is 6. The summed E-state index contributed by atoms with van der Waals surface area (Å²) in [5.41, 5.74) is 9.44. The highest BCUT2D eigenvalue weighted by atomic mass is 16.1. The Morgan fingerprint density at radius 3 is 2.64 bits per heavy atom. The molecule has 2 aromatic carbocycles. The second-order valence-electron chi connectivity index (χ2n) is 8.35. The lowest BCUT2D eigenvalue weighted by atomic mass is 9.68. The van der Waals surface area contributed by atoms with Crippen LogP contribution in [0, 0.1) is 28.6 Å². The Kier molecular flexibility index (Phi) is 4.84. The lowest BCUT2D eigenvalue weighted by molar-refractivity contribution is 0.0713. The van der Waals surface area contributed by atoms with E-state index in [2.05, 4.69) is 22.2 Å². The lowest BCUT2D eigenvalue weighted by Crippen LogP contribution is -2.47. The van der Waals surface area contributed by atoms with Crippen molar-refractivity contribution in [1.29, 1.82) is 10.5 Å². The van der Waals surface area contributed by atoms with Crippen LogP contribution in [0.1, 0.15) is 29.6 Å². The fourth-order valence-electron chi connectivity index (χ4n) is 4.48. The van der Waals surface area contributed by atoms with Crippen molar-refractivity contribution in [3.8, 4) is 34.5 Å². The first-order valence-electron chi connectivity index (χ1n) is 10.5. The number of rotatable bonds is 5. The molecule has 2 aromatic heterocycles. The molecule has 1 amide bonds. The van der Waals surface area contributed by atoms with Crippen molar-refractivity contribution in [3.63, 3.8) is 0 Å². The average Bonchev–Trinajstić information content (AvgIpc) is 3.31. The minimum absolute atomic E-state index is 0.0791. The number of hydrogen-bond donors (Lipinski definition) is 1. The summed E-state index contributed by atoms with van der Waals surface area (Å²) < 4.78 is 0. The molecule has 5 rings (SSSR count). The number of nitriles is 2. The second-order valence-corrected chi connectivity index (χ2v) is 8.35. The van der Waals surface area contributed by atoms with Crippen LogP contribution in [0.25, 0.3) is 33.3 Å². The molecule has 0 radical (unpaired) electrons. The average molecular weight is 433 g/mol. The third-order valence-corrected chi connectivity index (χ3v) is 6.26. The van der Waals surface area contributed by atoms with Crippen molar-refractivity contribution in [2.24, 2.45) is 11.7 Å². The van der Waals surface area contributed by atoms with Crippen LogP contribution < -0.4 is 5.73 Å². The number of pyridine rings is 1. The van der Waals surface area contributed by atoms with Gasteiger partial charge in [-0.25, -0.2) is 0 Å². The Balaban J connectivity index is 1.60.